The van der Waals surface area contributed by atoms with E-state index in [-0.39, 0.29) is 11.3 Å². The lowest BCUT2D eigenvalue weighted by molar-refractivity contribution is -0.147. The van der Waals surface area contributed by atoms with Gasteiger partial charge in [0, 0.05) is 16.2 Å². The summed E-state index contributed by atoms with van der Waals surface area (Å²) in [5.74, 6) is -0.609. The van der Waals surface area contributed by atoms with Crippen LogP contribution >= 0.6 is 11.6 Å². The highest BCUT2D eigenvalue weighted by Crippen LogP contribution is 2.42. The molecule has 128 valence electrons. The normalized spacial score (nSPS) is 15.4. The molecule has 0 aromatic heterocycles. The first kappa shape index (κ1) is 17.3. The van der Waals surface area contributed by atoms with Crippen LogP contribution in [0.15, 0.2) is 54.3 Å². The zero-order valence-corrected chi connectivity index (χ0v) is 15.1. The molecular weight excluding hydrogens is 336 g/mol. The van der Waals surface area contributed by atoms with Crippen molar-refractivity contribution in [3.05, 3.63) is 76.0 Å². The number of carbonyl (C=O) groups is 1. The van der Waals surface area contributed by atoms with Crippen LogP contribution in [-0.2, 0) is 9.53 Å². The second kappa shape index (κ2) is 6.41. The third kappa shape index (κ3) is 3.62. The van der Waals surface area contributed by atoms with E-state index in [0.717, 1.165) is 11.1 Å². The first-order valence-corrected chi connectivity index (χ1v) is 8.38. The van der Waals surface area contributed by atoms with Crippen LogP contribution in [0, 0.1) is 0 Å². The maximum Gasteiger partial charge on any atom is 0.343 e. The molecule has 1 aliphatic rings. The second-order valence-corrected chi connectivity index (χ2v) is 7.32. The van der Waals surface area contributed by atoms with E-state index in [2.05, 4.69) is 0 Å². The largest absolute Gasteiger partial charge is 0.506 e. The van der Waals surface area contributed by atoms with Crippen LogP contribution in [0.25, 0.3) is 17.2 Å². The molecule has 0 heterocycles. The first-order valence-electron chi connectivity index (χ1n) is 8.00. The van der Waals surface area contributed by atoms with Gasteiger partial charge in [0.1, 0.15) is 16.9 Å². The average Bonchev–Trinajstić information content (AvgIpc) is 2.78. The van der Waals surface area contributed by atoms with Crippen molar-refractivity contribution >= 4 is 34.8 Å². The Kier molecular flexibility index (Phi) is 4.44. The van der Waals surface area contributed by atoms with Gasteiger partial charge in [-0.15, -0.1) is 0 Å². The van der Waals surface area contributed by atoms with Crippen molar-refractivity contribution in [3.63, 3.8) is 0 Å². The zero-order valence-electron chi connectivity index (χ0n) is 14.3. The number of benzene rings is 2. The lowest BCUT2D eigenvalue weighted by Crippen LogP contribution is -2.24. The molecule has 0 radical (unpaired) electrons. The van der Waals surface area contributed by atoms with Crippen molar-refractivity contribution in [3.8, 4) is 0 Å². The minimum Gasteiger partial charge on any atom is -0.506 e. The van der Waals surface area contributed by atoms with E-state index in [0.29, 0.717) is 16.2 Å². The van der Waals surface area contributed by atoms with Crippen LogP contribution in [0.1, 0.15) is 37.5 Å². The number of rotatable bonds is 2. The van der Waals surface area contributed by atoms with Crippen molar-refractivity contribution in [2.24, 2.45) is 0 Å². The van der Waals surface area contributed by atoms with Gasteiger partial charge in [-0.05, 0) is 50.1 Å². The van der Waals surface area contributed by atoms with Crippen LogP contribution in [0.2, 0.25) is 5.02 Å². The molecule has 0 fully saturated rings. The number of hydrogen-bond donors (Lipinski definition) is 1. The predicted molar refractivity (Wildman–Crippen MR) is 101 cm³/mol. The van der Waals surface area contributed by atoms with Crippen molar-refractivity contribution in [2.75, 3.05) is 0 Å². The fourth-order valence-corrected chi connectivity index (χ4v) is 2.97. The predicted octanol–water partition coefficient (Wildman–Crippen LogP) is 5.51. The SMILES string of the molecule is CC(C)(C)OC(=O)C1=C(O)/C(=C\c2cccc(Cl)c2)c2ccccc21. The molecule has 0 amide bonds. The molecule has 0 spiro atoms. The van der Waals surface area contributed by atoms with Gasteiger partial charge in [-0.2, -0.15) is 0 Å². The maximum absolute atomic E-state index is 12.6. The topological polar surface area (TPSA) is 46.5 Å². The van der Waals surface area contributed by atoms with Gasteiger partial charge >= 0.3 is 5.97 Å². The second-order valence-electron chi connectivity index (χ2n) is 6.88. The standard InChI is InChI=1S/C21H19ClO3/c1-21(2,3)25-20(24)18-16-10-5-4-9-15(16)17(19(18)23)12-13-7-6-8-14(22)11-13/h4-12,23H,1-3H3/b17-12-. The molecule has 2 aromatic rings. The van der Waals surface area contributed by atoms with Gasteiger partial charge in [-0.1, -0.05) is 48.0 Å². The Bertz CT molecular complexity index is 901. The molecule has 3 nitrogen and oxygen atoms in total. The summed E-state index contributed by atoms with van der Waals surface area (Å²) in [5.41, 5.74) is 2.44. The molecule has 0 unspecified atom stereocenters. The first-order chi connectivity index (χ1) is 11.8. The number of aliphatic hydroxyl groups is 1. The average molecular weight is 355 g/mol. The Hall–Kier alpha value is -2.52. The number of allylic oxidation sites excluding steroid dienone is 1. The summed E-state index contributed by atoms with van der Waals surface area (Å²) in [6.45, 7) is 5.39. The fraction of sp³-hybridized carbons (Fsp3) is 0.190. The van der Waals surface area contributed by atoms with E-state index in [9.17, 15) is 9.90 Å². The third-order valence-electron chi connectivity index (χ3n) is 3.74. The molecule has 3 rings (SSSR count). The Balaban J connectivity index is 2.12. The Labute approximate surface area is 152 Å². The number of esters is 1. The van der Waals surface area contributed by atoms with Crippen molar-refractivity contribution in [1.29, 1.82) is 0 Å². The zero-order chi connectivity index (χ0) is 18.2. The molecule has 4 heteroatoms. The van der Waals surface area contributed by atoms with Crippen LogP contribution in [0.4, 0.5) is 0 Å². The van der Waals surface area contributed by atoms with Crippen LogP contribution in [0.5, 0.6) is 0 Å². The number of halogens is 1. The quantitative estimate of drug-likeness (QED) is 0.724. The third-order valence-corrected chi connectivity index (χ3v) is 3.98. The monoisotopic (exact) mass is 354 g/mol. The van der Waals surface area contributed by atoms with Gasteiger partial charge in [0.25, 0.3) is 0 Å². The van der Waals surface area contributed by atoms with Crippen LogP contribution < -0.4 is 0 Å². The molecule has 0 saturated carbocycles. The van der Waals surface area contributed by atoms with E-state index in [4.69, 9.17) is 16.3 Å². The maximum atomic E-state index is 12.6. The van der Waals surface area contributed by atoms with Gasteiger partial charge in [0.05, 0.1) is 0 Å². The molecule has 0 bridgehead atoms. The van der Waals surface area contributed by atoms with Crippen molar-refractivity contribution < 1.29 is 14.6 Å². The highest BCUT2D eigenvalue weighted by Gasteiger charge is 2.33. The van der Waals surface area contributed by atoms with E-state index in [1.54, 1.807) is 32.9 Å². The molecule has 2 aromatic carbocycles. The fourth-order valence-electron chi connectivity index (χ4n) is 2.77. The highest BCUT2D eigenvalue weighted by molar-refractivity contribution is 6.30. The Morgan fingerprint density at radius 1 is 1.08 bits per heavy atom. The number of hydrogen-bond acceptors (Lipinski definition) is 3. The molecule has 0 aliphatic heterocycles. The summed E-state index contributed by atoms with van der Waals surface area (Å²) in [4.78, 5) is 12.6. The number of ether oxygens (including phenoxy) is 1. The minimum absolute atomic E-state index is 0.0737. The van der Waals surface area contributed by atoms with E-state index in [1.165, 1.54) is 0 Å². The molecule has 0 atom stereocenters. The molecular formula is C21H19ClO3. The molecule has 1 aliphatic carbocycles. The van der Waals surface area contributed by atoms with E-state index < -0.39 is 11.6 Å². The van der Waals surface area contributed by atoms with E-state index >= 15 is 0 Å². The van der Waals surface area contributed by atoms with Gasteiger partial charge in [-0.3, -0.25) is 0 Å². The summed E-state index contributed by atoms with van der Waals surface area (Å²) in [6.07, 6.45) is 1.82. The van der Waals surface area contributed by atoms with Crippen LogP contribution in [0.3, 0.4) is 0 Å². The Morgan fingerprint density at radius 2 is 1.76 bits per heavy atom. The van der Waals surface area contributed by atoms with Crippen LogP contribution in [-0.4, -0.2) is 16.7 Å². The summed E-state index contributed by atoms with van der Waals surface area (Å²) in [6, 6.07) is 14.7. The number of fused-ring (bicyclic) bond motifs is 1. The van der Waals surface area contributed by atoms with Gasteiger partial charge < -0.3 is 9.84 Å². The van der Waals surface area contributed by atoms with Gasteiger partial charge in [0.2, 0.25) is 0 Å². The summed E-state index contributed by atoms with van der Waals surface area (Å²) in [5, 5.41) is 11.4. The van der Waals surface area contributed by atoms with Gasteiger partial charge in [0.15, 0.2) is 0 Å². The summed E-state index contributed by atoms with van der Waals surface area (Å²) >= 11 is 6.04. The Morgan fingerprint density at radius 3 is 2.40 bits per heavy atom. The highest BCUT2D eigenvalue weighted by atomic mass is 35.5. The molecule has 0 saturated heterocycles. The smallest absolute Gasteiger partial charge is 0.343 e. The lowest BCUT2D eigenvalue weighted by atomic mass is 10.0. The molecule has 25 heavy (non-hydrogen) atoms. The molecule has 1 N–H and O–H groups in total. The van der Waals surface area contributed by atoms with E-state index in [1.807, 2.05) is 42.5 Å². The number of aliphatic hydroxyl groups excluding tert-OH is 1. The summed E-state index contributed by atoms with van der Waals surface area (Å²) < 4.78 is 5.46. The lowest BCUT2D eigenvalue weighted by Gasteiger charge is -2.20. The van der Waals surface area contributed by atoms with Gasteiger partial charge in [-0.25, -0.2) is 4.79 Å². The minimum atomic E-state index is -0.640. The number of carbonyl (C=O) groups excluding carboxylic acids is 1. The summed E-state index contributed by atoms with van der Waals surface area (Å²) in [7, 11) is 0. The van der Waals surface area contributed by atoms with Crippen molar-refractivity contribution in [1.82, 2.24) is 0 Å². The van der Waals surface area contributed by atoms with Crippen molar-refractivity contribution in [2.45, 2.75) is 26.4 Å².